The largest absolute Gasteiger partial charge is 0.496 e. The summed E-state index contributed by atoms with van der Waals surface area (Å²) in [6.07, 6.45) is 5.64. The van der Waals surface area contributed by atoms with E-state index in [2.05, 4.69) is 4.90 Å². The molecule has 5 rings (SSSR count). The first-order valence-electron chi connectivity index (χ1n) is 13.9. The zero-order valence-electron chi connectivity index (χ0n) is 25.5. The second kappa shape index (κ2) is 10.5. The number of nitrogens with zero attached hydrogens (tertiary/aromatic N) is 3. The Bertz CT molecular complexity index is 1320. The second-order valence-electron chi connectivity index (χ2n) is 13.0. The van der Waals surface area contributed by atoms with Gasteiger partial charge in [-0.3, -0.25) is 9.59 Å². The molecular weight excluding hydrogens is 515 g/mol. The Morgan fingerprint density at radius 1 is 0.675 bits per heavy atom. The number of hydrogen-bond acceptors (Lipinski definition) is 7. The van der Waals surface area contributed by atoms with Gasteiger partial charge in [0.25, 0.3) is 11.1 Å². The van der Waals surface area contributed by atoms with Crippen LogP contribution in [0.25, 0.3) is 0 Å². The average molecular weight is 557 g/mol. The molecule has 0 amide bonds. The van der Waals surface area contributed by atoms with Crippen molar-refractivity contribution >= 4 is 30.8 Å². The predicted molar refractivity (Wildman–Crippen MR) is 156 cm³/mol. The van der Waals surface area contributed by atoms with E-state index in [-0.39, 0.29) is 16.8 Å². The van der Waals surface area contributed by atoms with E-state index >= 15 is 0 Å². The van der Waals surface area contributed by atoms with Crippen molar-refractivity contribution in [2.75, 3.05) is 18.0 Å². The summed E-state index contributed by atoms with van der Waals surface area (Å²) in [4.78, 5) is 25.9. The van der Waals surface area contributed by atoms with E-state index in [0.29, 0.717) is 5.46 Å². The highest BCUT2D eigenvalue weighted by molar-refractivity contribution is 6.62. The van der Waals surface area contributed by atoms with E-state index in [1.54, 1.807) is 11.6 Å². The predicted octanol–water partition coefficient (Wildman–Crippen LogP) is 2.11. The quantitative estimate of drug-likeness (QED) is 0.535. The summed E-state index contributed by atoms with van der Waals surface area (Å²) >= 11 is 0. The molecule has 3 saturated heterocycles. The molecule has 0 atom stereocenters. The van der Waals surface area contributed by atoms with Gasteiger partial charge in [0.15, 0.2) is 5.82 Å². The van der Waals surface area contributed by atoms with Crippen LogP contribution in [0.1, 0.15) is 68.2 Å². The Kier molecular flexibility index (Phi) is 7.99. The molecule has 0 saturated carbocycles. The second-order valence-corrected chi connectivity index (χ2v) is 13.0. The highest BCUT2D eigenvalue weighted by Gasteiger charge is 2.53. The lowest BCUT2D eigenvalue weighted by molar-refractivity contribution is 0.00578. The minimum absolute atomic E-state index is 0.0437. The maximum atomic E-state index is 13.4. The molecule has 3 fully saturated rings. The fourth-order valence-electron chi connectivity index (χ4n) is 4.82. The van der Waals surface area contributed by atoms with Crippen LogP contribution in [0.4, 0.5) is 10.1 Å². The van der Waals surface area contributed by atoms with Crippen molar-refractivity contribution in [2.45, 2.75) is 90.6 Å². The van der Waals surface area contributed by atoms with E-state index in [4.69, 9.17) is 18.6 Å². The zero-order valence-corrected chi connectivity index (χ0v) is 25.5. The lowest BCUT2D eigenvalue weighted by Gasteiger charge is -2.32. The number of rotatable bonds is 3. The van der Waals surface area contributed by atoms with E-state index in [1.807, 2.05) is 67.7 Å². The normalized spacial score (nSPS) is 22.4. The smallest absolute Gasteiger partial charge is 0.399 e. The van der Waals surface area contributed by atoms with Gasteiger partial charge in [0.05, 0.1) is 22.4 Å². The Balaban J connectivity index is 0.000000189. The minimum atomic E-state index is -0.801. The van der Waals surface area contributed by atoms with Gasteiger partial charge < -0.3 is 32.7 Å². The molecule has 0 bridgehead atoms. The van der Waals surface area contributed by atoms with Gasteiger partial charge in [0, 0.05) is 50.5 Å². The third-order valence-electron chi connectivity index (χ3n) is 8.84. The molecule has 2 aromatic rings. The maximum Gasteiger partial charge on any atom is 0.496 e. The summed E-state index contributed by atoms with van der Waals surface area (Å²) < 4.78 is 40.1. The summed E-state index contributed by atoms with van der Waals surface area (Å²) in [5, 5.41) is 0. The summed E-state index contributed by atoms with van der Waals surface area (Å²) in [7, 11) is 2.20. The molecular formula is C28H42B2FN3O6. The van der Waals surface area contributed by atoms with Crippen LogP contribution in [0.2, 0.25) is 0 Å². The molecule has 3 aliphatic heterocycles. The summed E-state index contributed by atoms with van der Waals surface area (Å²) in [5.74, 6) is -0.801. The average Bonchev–Trinajstić information content (AvgIpc) is 3.49. The first-order valence-corrected chi connectivity index (χ1v) is 13.9. The van der Waals surface area contributed by atoms with Gasteiger partial charge in [-0.2, -0.15) is 0 Å². The lowest BCUT2D eigenvalue weighted by Crippen LogP contribution is -2.41. The molecule has 12 heteroatoms. The Morgan fingerprint density at radius 2 is 1.05 bits per heavy atom. The van der Waals surface area contributed by atoms with Crippen LogP contribution in [0.3, 0.4) is 0 Å². The van der Waals surface area contributed by atoms with Crippen LogP contribution in [0.5, 0.6) is 0 Å². The monoisotopic (exact) mass is 557 g/mol. The van der Waals surface area contributed by atoms with Crippen LogP contribution in [-0.4, -0.2) is 58.9 Å². The van der Waals surface area contributed by atoms with E-state index in [1.165, 1.54) is 23.9 Å². The highest BCUT2D eigenvalue weighted by atomic mass is 19.1. The van der Waals surface area contributed by atoms with Crippen molar-refractivity contribution < 1.29 is 23.0 Å². The first-order chi connectivity index (χ1) is 18.3. The Labute approximate surface area is 236 Å². The van der Waals surface area contributed by atoms with Crippen molar-refractivity contribution in [3.8, 4) is 0 Å². The van der Waals surface area contributed by atoms with Gasteiger partial charge >= 0.3 is 14.2 Å². The zero-order chi connectivity index (χ0) is 29.8. The first kappa shape index (κ1) is 30.6. The van der Waals surface area contributed by atoms with Gasteiger partial charge in [-0.25, -0.2) is 4.39 Å². The lowest BCUT2D eigenvalue weighted by atomic mass is 9.80. The molecule has 0 spiro atoms. The molecule has 218 valence electrons. The van der Waals surface area contributed by atoms with Crippen LogP contribution in [0, 0.1) is 5.82 Å². The molecule has 3 aliphatic rings. The fourth-order valence-corrected chi connectivity index (χ4v) is 4.82. The number of aromatic nitrogens is 2. The van der Waals surface area contributed by atoms with E-state index in [9.17, 15) is 14.0 Å². The Morgan fingerprint density at radius 3 is 1.45 bits per heavy atom. The number of halogens is 1. The summed E-state index contributed by atoms with van der Waals surface area (Å²) in [6, 6.07) is 3.11. The van der Waals surface area contributed by atoms with E-state index in [0.717, 1.165) is 37.1 Å². The third kappa shape index (κ3) is 5.68. The van der Waals surface area contributed by atoms with Crippen molar-refractivity contribution in [3.63, 3.8) is 0 Å². The number of hydrogen-bond donors (Lipinski definition) is 0. The summed E-state index contributed by atoms with van der Waals surface area (Å²) in [5.41, 5.74) is -0.160. The molecule has 0 radical (unpaired) electrons. The van der Waals surface area contributed by atoms with Crippen molar-refractivity contribution in [3.05, 3.63) is 51.1 Å². The van der Waals surface area contributed by atoms with Gasteiger partial charge in [-0.1, -0.05) is 0 Å². The number of aryl methyl sites for hydroxylation is 2. The van der Waals surface area contributed by atoms with Gasteiger partial charge in [-0.05, 0) is 80.4 Å². The topological polar surface area (TPSA) is 84.2 Å². The van der Waals surface area contributed by atoms with Gasteiger partial charge in [0.2, 0.25) is 0 Å². The Hall–Kier alpha value is -2.40. The molecule has 0 unspecified atom stereocenters. The van der Waals surface area contributed by atoms with Crippen molar-refractivity contribution in [2.24, 2.45) is 14.1 Å². The molecule has 9 nitrogen and oxygen atoms in total. The van der Waals surface area contributed by atoms with Crippen molar-refractivity contribution in [1.29, 1.82) is 0 Å². The standard InChI is InChI=1S/C16H25BN2O3.C12H17BFNO3/c1-15(2)16(3,4)22-17(21-15)12-10-13(14(20)18(5)11-12)19-8-6-7-9-19;1-11(2)12(3,4)18-13(17-11)8-6-9(14)10(16)15(5)7-8/h10-11H,6-9H2,1-5H3;6-7H,1-5H3. The van der Waals surface area contributed by atoms with Gasteiger partial charge in [0.1, 0.15) is 5.69 Å². The van der Waals surface area contributed by atoms with Crippen LogP contribution < -0.4 is 26.9 Å². The highest BCUT2D eigenvalue weighted by Crippen LogP contribution is 2.37. The van der Waals surface area contributed by atoms with Crippen molar-refractivity contribution in [1.82, 2.24) is 9.13 Å². The maximum absolute atomic E-state index is 13.4. The van der Waals surface area contributed by atoms with Crippen LogP contribution in [-0.2, 0) is 32.7 Å². The number of anilines is 1. The van der Waals surface area contributed by atoms with Crippen LogP contribution >= 0.6 is 0 Å². The molecule has 2 aromatic heterocycles. The third-order valence-corrected chi connectivity index (χ3v) is 8.84. The SMILES string of the molecule is Cn1cc(B2OC(C)(C)C(C)(C)O2)cc(F)c1=O.Cn1cc(B2OC(C)(C)C(C)(C)O2)cc(N2CCCC2)c1=O. The van der Waals surface area contributed by atoms with Crippen LogP contribution in [0.15, 0.2) is 34.1 Å². The molecule has 40 heavy (non-hydrogen) atoms. The minimum Gasteiger partial charge on any atom is -0.399 e. The molecule has 0 aromatic carbocycles. The number of pyridine rings is 2. The molecule has 0 N–H and O–H groups in total. The molecule has 0 aliphatic carbocycles. The molecule has 5 heterocycles. The van der Waals surface area contributed by atoms with Gasteiger partial charge in [-0.15, -0.1) is 0 Å². The summed E-state index contributed by atoms with van der Waals surface area (Å²) in [6.45, 7) is 17.7. The van der Waals surface area contributed by atoms with E-state index < -0.39 is 36.8 Å². The fraction of sp³-hybridized carbons (Fsp3) is 0.643.